The SMILES string of the molecule is CC(O)c1cc(=O)oc2c1C(=O)NC(=O)C2. The molecule has 1 atom stereocenters. The van der Waals surface area contributed by atoms with Gasteiger partial charge in [0.2, 0.25) is 5.91 Å². The number of hydrogen-bond donors (Lipinski definition) is 2. The molecule has 0 fully saturated rings. The summed E-state index contributed by atoms with van der Waals surface area (Å²) >= 11 is 0. The number of hydrogen-bond acceptors (Lipinski definition) is 5. The second-order valence-electron chi connectivity index (χ2n) is 3.55. The van der Waals surface area contributed by atoms with E-state index in [0.29, 0.717) is 0 Å². The third-order valence-corrected chi connectivity index (χ3v) is 2.32. The van der Waals surface area contributed by atoms with E-state index in [1.54, 1.807) is 0 Å². The Balaban J connectivity index is 2.70. The van der Waals surface area contributed by atoms with Crippen molar-refractivity contribution in [1.82, 2.24) is 5.32 Å². The first-order valence-corrected chi connectivity index (χ1v) is 4.68. The fourth-order valence-electron chi connectivity index (χ4n) is 1.65. The van der Waals surface area contributed by atoms with E-state index in [2.05, 4.69) is 5.32 Å². The molecule has 1 aromatic heterocycles. The molecule has 1 unspecified atom stereocenters. The minimum atomic E-state index is -0.975. The van der Waals surface area contributed by atoms with E-state index in [4.69, 9.17) is 4.42 Å². The molecular weight excluding hydrogens is 214 g/mol. The monoisotopic (exact) mass is 223 g/mol. The van der Waals surface area contributed by atoms with Crippen LogP contribution in [0, 0.1) is 0 Å². The lowest BCUT2D eigenvalue weighted by atomic mass is 9.99. The summed E-state index contributed by atoms with van der Waals surface area (Å²) in [6, 6.07) is 1.05. The maximum absolute atomic E-state index is 11.5. The number of fused-ring (bicyclic) bond motifs is 1. The smallest absolute Gasteiger partial charge is 0.336 e. The lowest BCUT2D eigenvalue weighted by Gasteiger charge is -2.17. The van der Waals surface area contributed by atoms with Gasteiger partial charge in [-0.25, -0.2) is 4.79 Å². The van der Waals surface area contributed by atoms with Gasteiger partial charge in [-0.2, -0.15) is 0 Å². The van der Waals surface area contributed by atoms with Gasteiger partial charge in [0.1, 0.15) is 5.76 Å². The summed E-state index contributed by atoms with van der Waals surface area (Å²) in [7, 11) is 0. The Morgan fingerprint density at radius 2 is 2.12 bits per heavy atom. The molecule has 6 heteroatoms. The first kappa shape index (κ1) is 10.6. The van der Waals surface area contributed by atoms with Crippen LogP contribution in [0.5, 0.6) is 0 Å². The number of amides is 2. The number of aliphatic hydroxyl groups excluding tert-OH is 1. The first-order chi connectivity index (χ1) is 7.49. The molecule has 0 aromatic carbocycles. The molecule has 2 rings (SSSR count). The van der Waals surface area contributed by atoms with E-state index in [1.807, 2.05) is 0 Å². The first-order valence-electron chi connectivity index (χ1n) is 4.68. The Morgan fingerprint density at radius 1 is 1.44 bits per heavy atom. The average Bonchev–Trinajstić information content (AvgIpc) is 2.14. The van der Waals surface area contributed by atoms with Crippen molar-refractivity contribution in [3.8, 4) is 0 Å². The normalized spacial score (nSPS) is 16.6. The summed E-state index contributed by atoms with van der Waals surface area (Å²) < 4.78 is 4.78. The van der Waals surface area contributed by atoms with Crippen molar-refractivity contribution in [3.63, 3.8) is 0 Å². The number of carbonyl (C=O) groups excluding carboxylic acids is 2. The largest absolute Gasteiger partial charge is 0.426 e. The Kier molecular flexibility index (Phi) is 2.35. The van der Waals surface area contributed by atoms with Gasteiger partial charge in [0, 0.05) is 11.6 Å². The molecule has 2 amide bonds. The van der Waals surface area contributed by atoms with E-state index in [0.717, 1.165) is 6.07 Å². The maximum atomic E-state index is 11.5. The van der Waals surface area contributed by atoms with E-state index >= 15 is 0 Å². The molecule has 84 valence electrons. The van der Waals surface area contributed by atoms with Crippen molar-refractivity contribution in [1.29, 1.82) is 0 Å². The molecule has 1 aliphatic rings. The molecule has 0 saturated heterocycles. The van der Waals surface area contributed by atoms with Crippen molar-refractivity contribution in [3.05, 3.63) is 33.4 Å². The van der Waals surface area contributed by atoms with Crippen LogP contribution in [0.4, 0.5) is 0 Å². The lowest BCUT2D eigenvalue weighted by molar-refractivity contribution is -0.120. The summed E-state index contributed by atoms with van der Waals surface area (Å²) in [6.07, 6.45) is -1.14. The van der Waals surface area contributed by atoms with Crippen LogP contribution in [-0.2, 0) is 11.2 Å². The van der Waals surface area contributed by atoms with Gasteiger partial charge in [0.15, 0.2) is 0 Å². The zero-order chi connectivity index (χ0) is 11.9. The van der Waals surface area contributed by atoms with Gasteiger partial charge in [-0.3, -0.25) is 14.9 Å². The van der Waals surface area contributed by atoms with Gasteiger partial charge >= 0.3 is 5.63 Å². The van der Waals surface area contributed by atoms with Gasteiger partial charge < -0.3 is 9.52 Å². The predicted octanol–water partition coefficient (Wildman–Crippen LogP) is -0.494. The van der Waals surface area contributed by atoms with E-state index in [9.17, 15) is 19.5 Å². The highest BCUT2D eigenvalue weighted by Gasteiger charge is 2.29. The van der Waals surface area contributed by atoms with Crippen LogP contribution < -0.4 is 10.9 Å². The molecule has 6 nitrogen and oxygen atoms in total. The minimum absolute atomic E-state index is 0.0113. The Hall–Kier alpha value is -1.95. The molecule has 2 heterocycles. The summed E-state index contributed by atoms with van der Waals surface area (Å²) in [6.45, 7) is 1.43. The molecule has 0 saturated carbocycles. The highest BCUT2D eigenvalue weighted by Crippen LogP contribution is 2.22. The maximum Gasteiger partial charge on any atom is 0.336 e. The van der Waals surface area contributed by atoms with Crippen LogP contribution in [0.1, 0.15) is 34.7 Å². The van der Waals surface area contributed by atoms with Gasteiger partial charge in [-0.15, -0.1) is 0 Å². The highest BCUT2D eigenvalue weighted by molar-refractivity contribution is 6.09. The lowest BCUT2D eigenvalue weighted by Crippen LogP contribution is -2.39. The predicted molar refractivity (Wildman–Crippen MR) is 51.8 cm³/mol. The van der Waals surface area contributed by atoms with E-state index in [-0.39, 0.29) is 23.3 Å². The fraction of sp³-hybridized carbons (Fsp3) is 0.300. The molecule has 1 aliphatic heterocycles. The van der Waals surface area contributed by atoms with Gasteiger partial charge in [0.05, 0.1) is 18.1 Å². The molecule has 0 radical (unpaired) electrons. The van der Waals surface area contributed by atoms with Crippen LogP contribution in [0.3, 0.4) is 0 Å². The van der Waals surface area contributed by atoms with E-state index in [1.165, 1.54) is 6.92 Å². The van der Waals surface area contributed by atoms with Crippen LogP contribution in [0.15, 0.2) is 15.3 Å². The average molecular weight is 223 g/mol. The molecule has 0 spiro atoms. The molecule has 1 aromatic rings. The van der Waals surface area contributed by atoms with Crippen LogP contribution in [0.2, 0.25) is 0 Å². The van der Waals surface area contributed by atoms with Crippen LogP contribution >= 0.6 is 0 Å². The Morgan fingerprint density at radius 3 is 2.75 bits per heavy atom. The minimum Gasteiger partial charge on any atom is -0.426 e. The van der Waals surface area contributed by atoms with E-state index < -0.39 is 23.5 Å². The van der Waals surface area contributed by atoms with Crippen LogP contribution in [-0.4, -0.2) is 16.9 Å². The zero-order valence-corrected chi connectivity index (χ0v) is 8.44. The summed E-state index contributed by atoms with van der Waals surface area (Å²) in [5, 5.41) is 11.5. The summed E-state index contributed by atoms with van der Waals surface area (Å²) in [5.41, 5.74) is -0.428. The number of aliphatic hydroxyl groups is 1. The number of imide groups is 1. The quantitative estimate of drug-likeness (QED) is 0.626. The van der Waals surface area contributed by atoms with Gasteiger partial charge in [-0.05, 0) is 6.92 Å². The van der Waals surface area contributed by atoms with Crippen molar-refractivity contribution >= 4 is 11.8 Å². The molecule has 0 bridgehead atoms. The molecule has 16 heavy (non-hydrogen) atoms. The highest BCUT2D eigenvalue weighted by atomic mass is 16.4. The van der Waals surface area contributed by atoms with Gasteiger partial charge in [0.25, 0.3) is 5.91 Å². The van der Waals surface area contributed by atoms with Crippen molar-refractivity contribution < 1.29 is 19.1 Å². The standard InChI is InChI=1S/C10H9NO5/c1-4(12)5-2-8(14)16-6-3-7(13)11-10(15)9(5)6/h2,4,12H,3H2,1H3,(H,11,13,15). The molecule has 2 N–H and O–H groups in total. The number of carbonyl (C=O) groups is 2. The number of rotatable bonds is 1. The topological polar surface area (TPSA) is 96.6 Å². The third kappa shape index (κ3) is 1.63. The fourth-order valence-corrected chi connectivity index (χ4v) is 1.65. The summed E-state index contributed by atoms with van der Waals surface area (Å²) in [4.78, 5) is 33.8. The third-order valence-electron chi connectivity index (χ3n) is 2.32. The zero-order valence-electron chi connectivity index (χ0n) is 8.44. The molecule has 0 aliphatic carbocycles. The second kappa shape index (κ2) is 3.57. The molecular formula is C10H9NO5. The Labute approximate surface area is 89.9 Å². The van der Waals surface area contributed by atoms with Crippen molar-refractivity contribution in [2.75, 3.05) is 0 Å². The second-order valence-corrected chi connectivity index (χ2v) is 3.55. The van der Waals surface area contributed by atoms with Crippen molar-refractivity contribution in [2.45, 2.75) is 19.4 Å². The summed E-state index contributed by atoms with van der Waals surface area (Å²) in [5.74, 6) is -1.16. The Bertz CT molecular complexity index is 529. The van der Waals surface area contributed by atoms with Crippen LogP contribution in [0.25, 0.3) is 0 Å². The van der Waals surface area contributed by atoms with Gasteiger partial charge in [-0.1, -0.05) is 0 Å². The van der Waals surface area contributed by atoms with Crippen molar-refractivity contribution in [2.24, 2.45) is 0 Å². The number of nitrogens with one attached hydrogen (secondary N) is 1.